The van der Waals surface area contributed by atoms with Gasteiger partial charge >= 0.3 is 12.1 Å². The molecule has 1 N–H and O–H groups in total. The summed E-state index contributed by atoms with van der Waals surface area (Å²) in [5.41, 5.74) is 1.17. The molecule has 0 saturated heterocycles. The Morgan fingerprint density at radius 1 is 1.18 bits per heavy atom. The molecule has 0 unspecified atom stereocenters. The first-order valence-corrected chi connectivity index (χ1v) is 7.92. The average molecular weight is 392 g/mol. The molecule has 0 bridgehead atoms. The number of esters is 1. The summed E-state index contributed by atoms with van der Waals surface area (Å²) in [6.07, 6.45) is -1.39. The number of aliphatic imine (C=N–C) groups is 1. The number of hydrogen-bond donors (Lipinski definition) is 1. The highest BCUT2D eigenvalue weighted by atomic mass is 19.4. The van der Waals surface area contributed by atoms with Crippen LogP contribution in [-0.4, -0.2) is 26.2 Å². The highest BCUT2D eigenvalue weighted by Gasteiger charge is 2.30. The van der Waals surface area contributed by atoms with E-state index in [-0.39, 0.29) is 0 Å². The summed E-state index contributed by atoms with van der Waals surface area (Å²) in [7, 11) is 2.74. The highest BCUT2D eigenvalue weighted by molar-refractivity contribution is 5.88. The molecule has 5 nitrogen and oxygen atoms in total. The standard InChI is InChI=1S/C11H10N2O2.C9H9F3O/c1-15-11(14)7-6-9-4-2-3-5-10(9)13-8-12;1-6-5-7(9(10,11)12)3-4-8(6)13-2/h2-7,12H,1H3;3-5H,1-2H3/b7-6+;. The van der Waals surface area contributed by atoms with Crippen LogP contribution >= 0.6 is 0 Å². The number of carbonyl (C=O) groups excluding carboxylic acids is 1. The van der Waals surface area contributed by atoms with Gasteiger partial charge in [-0.3, -0.25) is 0 Å². The van der Waals surface area contributed by atoms with Crippen molar-refractivity contribution in [2.75, 3.05) is 14.2 Å². The van der Waals surface area contributed by atoms with E-state index >= 15 is 0 Å². The lowest BCUT2D eigenvalue weighted by molar-refractivity contribution is -0.137. The Bertz CT molecular complexity index is 887. The number of benzene rings is 2. The minimum atomic E-state index is -4.28. The molecule has 0 aliphatic heterocycles. The zero-order valence-corrected chi connectivity index (χ0v) is 15.5. The summed E-state index contributed by atoms with van der Waals surface area (Å²) in [6, 6.07) is 12.5. The largest absolute Gasteiger partial charge is 0.496 e. The number of carbonyl (C=O) groups is 1. The Morgan fingerprint density at radius 3 is 2.39 bits per heavy atom. The number of hydrogen-bond acceptors (Lipinski definition) is 5. The van der Waals surface area contributed by atoms with Gasteiger partial charge in [0.15, 0.2) is 0 Å². The zero-order valence-electron chi connectivity index (χ0n) is 15.5. The molecule has 0 aliphatic rings. The molecule has 2 rings (SSSR count). The average Bonchev–Trinajstić information content (AvgIpc) is 2.67. The van der Waals surface area contributed by atoms with Gasteiger partial charge in [0.25, 0.3) is 0 Å². The Labute approximate surface area is 160 Å². The van der Waals surface area contributed by atoms with Crippen molar-refractivity contribution in [2.45, 2.75) is 13.1 Å². The number of para-hydroxylation sites is 1. The fraction of sp³-hybridized carbons (Fsp3) is 0.200. The van der Waals surface area contributed by atoms with Crippen LogP contribution in [0, 0.1) is 12.3 Å². The molecular weight excluding hydrogens is 373 g/mol. The molecule has 0 radical (unpaired) electrons. The van der Waals surface area contributed by atoms with Gasteiger partial charge in [0.1, 0.15) is 5.75 Å². The normalized spacial score (nSPS) is 10.5. The van der Waals surface area contributed by atoms with Crippen LogP contribution in [-0.2, 0) is 15.7 Å². The van der Waals surface area contributed by atoms with Gasteiger partial charge in [-0.2, -0.15) is 18.2 Å². The van der Waals surface area contributed by atoms with Crippen LogP contribution in [0.4, 0.5) is 18.9 Å². The van der Waals surface area contributed by atoms with Crippen molar-refractivity contribution in [3.8, 4) is 5.75 Å². The topological polar surface area (TPSA) is 71.7 Å². The maximum absolute atomic E-state index is 12.2. The third kappa shape index (κ3) is 7.09. The first-order valence-electron chi connectivity index (χ1n) is 7.92. The predicted molar refractivity (Wildman–Crippen MR) is 100 cm³/mol. The first kappa shape index (κ1) is 22.7. The summed E-state index contributed by atoms with van der Waals surface area (Å²) in [5, 5.41) is 6.76. The summed E-state index contributed by atoms with van der Waals surface area (Å²) in [6.45, 7) is 1.58. The number of aryl methyl sites for hydroxylation is 1. The van der Waals surface area contributed by atoms with Gasteiger partial charge in [-0.25, -0.2) is 10.2 Å². The Kier molecular flexibility index (Phi) is 8.65. The van der Waals surface area contributed by atoms with Gasteiger partial charge in [-0.1, -0.05) is 18.2 Å². The summed E-state index contributed by atoms with van der Waals surface area (Å²) in [4.78, 5) is 14.6. The number of nitrogens with one attached hydrogen (secondary N) is 1. The van der Waals surface area contributed by atoms with E-state index in [2.05, 4.69) is 9.73 Å². The predicted octanol–water partition coefficient (Wildman–Crippen LogP) is 5.28. The lowest BCUT2D eigenvalue weighted by Gasteiger charge is -2.09. The SMILES string of the molecule is COC(=O)/C=C/c1ccccc1N=C=N.COc1ccc(C(F)(F)F)cc1C. The number of ether oxygens (including phenoxy) is 2. The molecule has 0 atom stereocenters. The highest BCUT2D eigenvalue weighted by Crippen LogP contribution is 2.32. The molecule has 2 aromatic carbocycles. The molecule has 0 saturated carbocycles. The van der Waals surface area contributed by atoms with Crippen molar-refractivity contribution >= 4 is 23.7 Å². The number of rotatable bonds is 4. The molecule has 28 heavy (non-hydrogen) atoms. The van der Waals surface area contributed by atoms with E-state index in [0.717, 1.165) is 17.7 Å². The van der Waals surface area contributed by atoms with Gasteiger partial charge < -0.3 is 9.47 Å². The second-order valence-electron chi connectivity index (χ2n) is 5.32. The van der Waals surface area contributed by atoms with Crippen molar-refractivity contribution in [3.05, 3.63) is 65.2 Å². The van der Waals surface area contributed by atoms with Crippen LogP contribution in [0.25, 0.3) is 6.08 Å². The van der Waals surface area contributed by atoms with Crippen molar-refractivity contribution < 1.29 is 27.4 Å². The molecule has 0 spiro atoms. The minimum absolute atomic E-state index is 0.427. The lowest BCUT2D eigenvalue weighted by atomic mass is 10.1. The van der Waals surface area contributed by atoms with Crippen molar-refractivity contribution in [3.63, 3.8) is 0 Å². The van der Waals surface area contributed by atoms with Crippen molar-refractivity contribution in [1.82, 2.24) is 0 Å². The quantitative estimate of drug-likeness (QED) is 0.437. The van der Waals surface area contributed by atoms with E-state index in [4.69, 9.17) is 10.1 Å². The van der Waals surface area contributed by atoms with Crippen LogP contribution < -0.4 is 4.74 Å². The summed E-state index contributed by atoms with van der Waals surface area (Å²) < 4.78 is 45.8. The second-order valence-corrected chi connectivity index (χ2v) is 5.32. The van der Waals surface area contributed by atoms with E-state index in [1.807, 2.05) is 12.1 Å². The fourth-order valence-corrected chi connectivity index (χ4v) is 2.07. The van der Waals surface area contributed by atoms with Gasteiger partial charge in [-0.05, 0) is 42.8 Å². The van der Waals surface area contributed by atoms with E-state index in [0.29, 0.717) is 17.0 Å². The van der Waals surface area contributed by atoms with Crippen LogP contribution in [0.3, 0.4) is 0 Å². The van der Waals surface area contributed by atoms with Crippen LogP contribution in [0.2, 0.25) is 0 Å². The van der Waals surface area contributed by atoms with Crippen molar-refractivity contribution in [2.24, 2.45) is 4.99 Å². The molecule has 0 heterocycles. The van der Waals surface area contributed by atoms with Gasteiger partial charge in [0.2, 0.25) is 0 Å². The molecule has 0 aliphatic carbocycles. The molecule has 0 amide bonds. The summed E-state index contributed by atoms with van der Waals surface area (Å²) >= 11 is 0. The van der Waals surface area contributed by atoms with Crippen molar-refractivity contribution in [1.29, 1.82) is 5.41 Å². The summed E-state index contributed by atoms with van der Waals surface area (Å²) in [5.74, 6) is 0.0386. The lowest BCUT2D eigenvalue weighted by Crippen LogP contribution is -2.05. The van der Waals surface area contributed by atoms with Gasteiger partial charge in [0, 0.05) is 11.6 Å². The Balaban J connectivity index is 0.000000283. The zero-order chi connectivity index (χ0) is 21.2. The molecule has 0 aromatic heterocycles. The molecule has 2 aromatic rings. The maximum atomic E-state index is 12.2. The van der Waals surface area contributed by atoms with Crippen LogP contribution in [0.5, 0.6) is 5.75 Å². The monoisotopic (exact) mass is 392 g/mol. The van der Waals surface area contributed by atoms with E-state index in [9.17, 15) is 18.0 Å². The Hall–Kier alpha value is -3.38. The number of nitrogens with zero attached hydrogens (tertiary/aromatic N) is 1. The Morgan fingerprint density at radius 2 is 1.86 bits per heavy atom. The van der Waals surface area contributed by atoms with Gasteiger partial charge in [-0.15, -0.1) is 0 Å². The first-order chi connectivity index (χ1) is 13.2. The number of alkyl halides is 3. The van der Waals surface area contributed by atoms with Crippen LogP contribution in [0.15, 0.2) is 53.5 Å². The molecule has 148 valence electrons. The van der Waals surface area contributed by atoms with E-state index in [1.54, 1.807) is 31.2 Å². The van der Waals surface area contributed by atoms with Crippen LogP contribution in [0.1, 0.15) is 16.7 Å². The third-order valence-electron chi connectivity index (χ3n) is 3.44. The second kappa shape index (κ2) is 10.7. The molecule has 0 fully saturated rings. The molecular formula is C20H19F3N2O3. The van der Waals surface area contributed by atoms with E-state index in [1.165, 1.54) is 26.4 Å². The van der Waals surface area contributed by atoms with Gasteiger partial charge in [0.05, 0.1) is 31.5 Å². The minimum Gasteiger partial charge on any atom is -0.496 e. The third-order valence-corrected chi connectivity index (χ3v) is 3.44. The number of methoxy groups -OCH3 is 2. The van der Waals surface area contributed by atoms with E-state index < -0.39 is 17.7 Å². The number of halogens is 3. The molecule has 8 heteroatoms. The fourth-order valence-electron chi connectivity index (χ4n) is 2.07. The maximum Gasteiger partial charge on any atom is 0.416 e. The smallest absolute Gasteiger partial charge is 0.416 e.